The number of nitrogens with two attached hydrogens (primary N) is 1. The topological polar surface area (TPSA) is 52.3 Å². The molecule has 3 nitrogen and oxygen atoms in total. The number of benzene rings is 1. The molecule has 15 heavy (non-hydrogen) atoms. The van der Waals surface area contributed by atoms with Crippen molar-refractivity contribution in [3.8, 4) is 5.75 Å². The molecule has 1 amide bonds. The zero-order chi connectivity index (χ0) is 11.4. The summed E-state index contributed by atoms with van der Waals surface area (Å²) in [5.41, 5.74) is 5.19. The van der Waals surface area contributed by atoms with E-state index in [0.29, 0.717) is 5.56 Å². The largest absolute Gasteiger partial charge is 0.491 e. The predicted molar refractivity (Wildman–Crippen MR) is 51.1 cm³/mol. The summed E-state index contributed by atoms with van der Waals surface area (Å²) in [5, 5.41) is 0. The van der Waals surface area contributed by atoms with Gasteiger partial charge < -0.3 is 10.5 Å². The van der Waals surface area contributed by atoms with Crippen molar-refractivity contribution < 1.29 is 18.3 Å². The number of carbonyl (C=O) groups excluding carboxylic acids is 1. The van der Waals surface area contributed by atoms with Crippen LogP contribution in [0.2, 0.25) is 0 Å². The zero-order valence-electron chi connectivity index (χ0n) is 8.22. The van der Waals surface area contributed by atoms with E-state index in [9.17, 15) is 13.6 Å². The van der Waals surface area contributed by atoms with Gasteiger partial charge in [0.1, 0.15) is 24.8 Å². The summed E-state index contributed by atoms with van der Waals surface area (Å²) in [5.74, 6) is -1.40. The van der Waals surface area contributed by atoms with Crippen molar-refractivity contribution in [2.75, 3.05) is 13.3 Å². The highest BCUT2D eigenvalue weighted by Gasteiger charge is 2.13. The van der Waals surface area contributed by atoms with Gasteiger partial charge in [0.25, 0.3) is 5.91 Å². The monoisotopic (exact) mass is 215 g/mol. The van der Waals surface area contributed by atoms with Crippen LogP contribution in [0.15, 0.2) is 12.1 Å². The lowest BCUT2D eigenvalue weighted by molar-refractivity contribution is 0.0995. The van der Waals surface area contributed by atoms with Crippen LogP contribution < -0.4 is 10.5 Å². The minimum atomic E-state index is -0.831. The minimum Gasteiger partial charge on any atom is -0.491 e. The number of alkyl halides is 1. The number of halogens is 2. The van der Waals surface area contributed by atoms with E-state index in [-0.39, 0.29) is 17.9 Å². The molecule has 0 unspecified atom stereocenters. The van der Waals surface area contributed by atoms with Gasteiger partial charge in [-0.05, 0) is 18.6 Å². The maximum Gasteiger partial charge on any atom is 0.251 e. The Labute approximate surface area is 85.8 Å². The molecule has 0 spiro atoms. The quantitative estimate of drug-likeness (QED) is 0.829. The van der Waals surface area contributed by atoms with Crippen LogP contribution in [0.5, 0.6) is 5.75 Å². The van der Waals surface area contributed by atoms with Crippen molar-refractivity contribution in [1.82, 2.24) is 0 Å². The number of hydrogen-bond acceptors (Lipinski definition) is 2. The van der Waals surface area contributed by atoms with Crippen molar-refractivity contribution in [3.05, 3.63) is 29.1 Å². The first kappa shape index (κ1) is 11.4. The first-order valence-corrected chi connectivity index (χ1v) is 4.35. The smallest absolute Gasteiger partial charge is 0.251 e. The van der Waals surface area contributed by atoms with Crippen LogP contribution in [0.3, 0.4) is 0 Å². The molecule has 0 aliphatic carbocycles. The number of aryl methyl sites for hydroxylation is 1. The molecule has 0 radical (unpaired) electrons. The van der Waals surface area contributed by atoms with Crippen LogP contribution in [0, 0.1) is 12.7 Å². The van der Waals surface area contributed by atoms with Crippen LogP contribution >= 0.6 is 0 Å². The van der Waals surface area contributed by atoms with Crippen LogP contribution in [0.1, 0.15) is 15.9 Å². The van der Waals surface area contributed by atoms with E-state index in [4.69, 9.17) is 10.5 Å². The summed E-state index contributed by atoms with van der Waals surface area (Å²) >= 11 is 0. The van der Waals surface area contributed by atoms with Gasteiger partial charge in [0.2, 0.25) is 0 Å². The number of carbonyl (C=O) groups is 1. The Morgan fingerprint density at radius 2 is 2.20 bits per heavy atom. The molecule has 0 atom stereocenters. The first-order valence-electron chi connectivity index (χ1n) is 4.35. The van der Waals surface area contributed by atoms with Crippen molar-refractivity contribution in [2.45, 2.75) is 6.92 Å². The molecule has 1 aromatic rings. The zero-order valence-corrected chi connectivity index (χ0v) is 8.22. The van der Waals surface area contributed by atoms with Crippen LogP contribution in [0.25, 0.3) is 0 Å². The lowest BCUT2D eigenvalue weighted by Crippen LogP contribution is -2.15. The highest BCUT2D eigenvalue weighted by Crippen LogP contribution is 2.20. The molecule has 1 rings (SSSR count). The van der Waals surface area contributed by atoms with Gasteiger partial charge in [-0.1, -0.05) is 0 Å². The number of primary amides is 1. The van der Waals surface area contributed by atoms with Gasteiger partial charge in [-0.2, -0.15) is 0 Å². The van der Waals surface area contributed by atoms with Crippen molar-refractivity contribution in [2.24, 2.45) is 5.73 Å². The van der Waals surface area contributed by atoms with Crippen LogP contribution in [-0.2, 0) is 0 Å². The van der Waals surface area contributed by atoms with Gasteiger partial charge >= 0.3 is 0 Å². The molecule has 0 aliphatic rings. The van der Waals surface area contributed by atoms with Crippen LogP contribution in [0.4, 0.5) is 8.78 Å². The summed E-state index contributed by atoms with van der Waals surface area (Å²) in [6.45, 7) is 0.735. The van der Waals surface area contributed by atoms with E-state index >= 15 is 0 Å². The summed E-state index contributed by atoms with van der Waals surface area (Å²) < 4.78 is 30.0. The Bertz CT molecular complexity index is 357. The molecule has 2 N–H and O–H groups in total. The lowest BCUT2D eigenvalue weighted by atomic mass is 10.1. The number of amides is 1. The molecule has 0 aromatic heterocycles. The van der Waals surface area contributed by atoms with E-state index in [0.717, 1.165) is 6.07 Å². The van der Waals surface area contributed by atoms with E-state index in [1.807, 2.05) is 0 Å². The third kappa shape index (κ3) is 2.65. The molecule has 0 heterocycles. The van der Waals surface area contributed by atoms with Crippen molar-refractivity contribution in [1.29, 1.82) is 0 Å². The lowest BCUT2D eigenvalue weighted by Gasteiger charge is -2.08. The average molecular weight is 215 g/mol. The first-order chi connectivity index (χ1) is 7.06. The normalized spacial score (nSPS) is 10.1. The maximum absolute atomic E-state index is 13.3. The third-order valence-electron chi connectivity index (χ3n) is 1.85. The molecular formula is C10H11F2NO2. The SMILES string of the molecule is Cc1cc(OCCF)cc(F)c1C(N)=O. The van der Waals surface area contributed by atoms with Gasteiger partial charge in [0.15, 0.2) is 0 Å². The highest BCUT2D eigenvalue weighted by molar-refractivity contribution is 5.94. The Balaban J connectivity index is 3.03. The standard InChI is InChI=1S/C10H11F2NO2/c1-6-4-7(15-3-2-11)5-8(12)9(6)10(13)14/h4-5H,2-3H2,1H3,(H2,13,14). The molecule has 5 heteroatoms. The second-order valence-corrected chi connectivity index (χ2v) is 3.00. The van der Waals surface area contributed by atoms with Crippen LogP contribution in [-0.4, -0.2) is 19.2 Å². The highest BCUT2D eigenvalue weighted by atomic mass is 19.1. The van der Waals surface area contributed by atoms with Crippen molar-refractivity contribution in [3.63, 3.8) is 0 Å². The third-order valence-corrected chi connectivity index (χ3v) is 1.85. The number of rotatable bonds is 4. The molecule has 0 bridgehead atoms. The fraction of sp³-hybridized carbons (Fsp3) is 0.300. The second kappa shape index (κ2) is 4.72. The maximum atomic E-state index is 13.3. The fourth-order valence-corrected chi connectivity index (χ4v) is 1.26. The second-order valence-electron chi connectivity index (χ2n) is 3.00. The number of hydrogen-bond donors (Lipinski definition) is 1. The van der Waals surface area contributed by atoms with E-state index in [1.54, 1.807) is 0 Å². The predicted octanol–water partition coefficient (Wildman–Crippen LogP) is 1.58. The Morgan fingerprint density at radius 1 is 1.53 bits per heavy atom. The Hall–Kier alpha value is -1.65. The molecule has 0 saturated carbocycles. The van der Waals surface area contributed by atoms with E-state index < -0.39 is 18.4 Å². The molecule has 82 valence electrons. The summed E-state index contributed by atoms with van der Waals surface area (Å²) in [6.07, 6.45) is 0. The Kier molecular flexibility index (Phi) is 3.60. The van der Waals surface area contributed by atoms with Crippen molar-refractivity contribution >= 4 is 5.91 Å². The molecule has 1 aromatic carbocycles. The summed E-state index contributed by atoms with van der Waals surface area (Å²) in [7, 11) is 0. The van der Waals surface area contributed by atoms with E-state index in [2.05, 4.69) is 0 Å². The van der Waals surface area contributed by atoms with Gasteiger partial charge in [-0.3, -0.25) is 4.79 Å². The fourth-order valence-electron chi connectivity index (χ4n) is 1.26. The molecule has 0 aliphatic heterocycles. The van der Waals surface area contributed by atoms with Gasteiger partial charge in [0.05, 0.1) is 5.56 Å². The molecule has 0 saturated heterocycles. The molecule has 0 fully saturated rings. The average Bonchev–Trinajstić information content (AvgIpc) is 2.12. The Morgan fingerprint density at radius 3 is 2.67 bits per heavy atom. The number of ether oxygens (including phenoxy) is 1. The van der Waals surface area contributed by atoms with Gasteiger partial charge in [0, 0.05) is 6.07 Å². The summed E-state index contributed by atoms with van der Waals surface area (Å²) in [4.78, 5) is 10.8. The molecular weight excluding hydrogens is 204 g/mol. The summed E-state index contributed by atoms with van der Waals surface area (Å²) in [6, 6.07) is 2.46. The minimum absolute atomic E-state index is 0.144. The van der Waals surface area contributed by atoms with Gasteiger partial charge in [-0.25, -0.2) is 8.78 Å². The van der Waals surface area contributed by atoms with Gasteiger partial charge in [-0.15, -0.1) is 0 Å². The van der Waals surface area contributed by atoms with E-state index in [1.165, 1.54) is 13.0 Å².